The number of fused-ring (bicyclic) bond motifs is 1. The van der Waals surface area contributed by atoms with Crippen molar-refractivity contribution in [1.82, 2.24) is 14.6 Å². The Morgan fingerprint density at radius 3 is 2.51 bits per heavy atom. The molecule has 5 rings (SSSR count). The molecule has 1 unspecified atom stereocenters. The second kappa shape index (κ2) is 11.4. The normalized spacial score (nSPS) is 21.6. The first-order chi connectivity index (χ1) is 18.7. The maximum absolute atomic E-state index is 14.5. The number of hydrogen-bond donors (Lipinski definition) is 2. The minimum atomic E-state index is -4.00. The summed E-state index contributed by atoms with van der Waals surface area (Å²) < 4.78 is 58.3. The molecule has 1 aliphatic heterocycles. The number of aliphatic hydroxyl groups is 1. The first-order valence-electron chi connectivity index (χ1n) is 13.6. The Balaban J connectivity index is 1.41. The van der Waals surface area contributed by atoms with Crippen molar-refractivity contribution in [2.24, 2.45) is 11.8 Å². The van der Waals surface area contributed by atoms with Gasteiger partial charge in [0, 0.05) is 42.7 Å². The molecular formula is C29H36F2N4O3S. The number of aliphatic hydroxyl groups excluding tert-OH is 1. The summed E-state index contributed by atoms with van der Waals surface area (Å²) in [5.74, 6) is -0.0664. The van der Waals surface area contributed by atoms with Crippen LogP contribution in [-0.4, -0.2) is 63.2 Å². The van der Waals surface area contributed by atoms with Crippen LogP contribution in [0.4, 0.5) is 14.6 Å². The Kier molecular flexibility index (Phi) is 8.19. The van der Waals surface area contributed by atoms with Gasteiger partial charge in [-0.05, 0) is 62.2 Å². The SMILES string of the molecule is CN(C)C(CNS(=O)(=O)c1ccc2ccnc(N3CC[C@@H](O)[C@H](C4CCCC4)C3)c2c1)c1c(F)cccc1F. The number of pyridine rings is 1. The lowest BCUT2D eigenvalue weighted by Crippen LogP contribution is -2.46. The van der Waals surface area contributed by atoms with Crippen molar-refractivity contribution in [1.29, 1.82) is 0 Å². The fourth-order valence-corrected chi connectivity index (χ4v) is 7.27. The minimum Gasteiger partial charge on any atom is -0.393 e. The molecule has 2 N–H and O–H groups in total. The molecule has 7 nitrogen and oxygen atoms in total. The van der Waals surface area contributed by atoms with Crippen molar-refractivity contribution in [3.8, 4) is 0 Å². The maximum Gasteiger partial charge on any atom is 0.240 e. The van der Waals surface area contributed by atoms with Gasteiger partial charge in [-0.15, -0.1) is 0 Å². The zero-order valence-corrected chi connectivity index (χ0v) is 23.2. The van der Waals surface area contributed by atoms with Crippen LogP contribution in [0.15, 0.2) is 53.6 Å². The summed E-state index contributed by atoms with van der Waals surface area (Å²) in [6, 6.07) is 9.52. The number of likely N-dealkylation sites (N-methyl/N-ethyl adjacent to an activating group) is 1. The molecule has 10 heteroatoms. The summed E-state index contributed by atoms with van der Waals surface area (Å²) in [5, 5.41) is 12.3. The van der Waals surface area contributed by atoms with E-state index < -0.39 is 27.7 Å². The fraction of sp³-hybridized carbons (Fsp3) is 0.483. The molecule has 3 atom stereocenters. The lowest BCUT2D eigenvalue weighted by molar-refractivity contribution is 0.0562. The van der Waals surface area contributed by atoms with Gasteiger partial charge in [0.2, 0.25) is 10.0 Å². The number of aromatic nitrogens is 1. The Bertz CT molecular complexity index is 1410. The third-order valence-corrected chi connectivity index (χ3v) is 9.80. The molecule has 1 saturated heterocycles. The van der Waals surface area contributed by atoms with Crippen molar-refractivity contribution >= 4 is 26.6 Å². The van der Waals surface area contributed by atoms with E-state index in [2.05, 4.69) is 14.6 Å². The second-order valence-electron chi connectivity index (χ2n) is 11.0. The van der Waals surface area contributed by atoms with Crippen molar-refractivity contribution in [3.05, 3.63) is 65.9 Å². The molecule has 1 saturated carbocycles. The Morgan fingerprint density at radius 2 is 1.82 bits per heavy atom. The predicted octanol–water partition coefficient (Wildman–Crippen LogP) is 4.47. The number of piperidine rings is 1. The standard InChI is InChI=1S/C29H36F2N4O3S/c1-34(2)26(28-24(30)8-5-9-25(28)31)17-33-39(37,38)21-11-10-20-12-14-32-29(22(20)16-21)35-15-13-27(36)23(18-35)19-6-3-4-7-19/h5,8-12,14,16,19,23,26-27,33,36H,3-4,6-7,13,15,17-18H2,1-2H3/t23-,26?,27+/m0/s1. The van der Waals surface area contributed by atoms with Crippen LogP contribution in [0.3, 0.4) is 0 Å². The Morgan fingerprint density at radius 1 is 1.10 bits per heavy atom. The highest BCUT2D eigenvalue weighted by Gasteiger charge is 2.36. The summed E-state index contributed by atoms with van der Waals surface area (Å²) in [5.41, 5.74) is -0.181. The highest BCUT2D eigenvalue weighted by atomic mass is 32.2. The molecule has 3 aromatic rings. The zero-order valence-electron chi connectivity index (χ0n) is 22.4. The molecule has 2 fully saturated rings. The van der Waals surface area contributed by atoms with Crippen LogP contribution in [0.25, 0.3) is 10.8 Å². The summed E-state index contributed by atoms with van der Waals surface area (Å²) in [4.78, 5) is 8.44. The van der Waals surface area contributed by atoms with Gasteiger partial charge in [-0.1, -0.05) is 37.8 Å². The summed E-state index contributed by atoms with van der Waals surface area (Å²) >= 11 is 0. The maximum atomic E-state index is 14.5. The van der Waals surface area contributed by atoms with Gasteiger partial charge < -0.3 is 14.9 Å². The van der Waals surface area contributed by atoms with E-state index in [-0.39, 0.29) is 29.0 Å². The lowest BCUT2D eigenvalue weighted by atomic mass is 9.82. The average molecular weight is 559 g/mol. The van der Waals surface area contributed by atoms with Gasteiger partial charge >= 0.3 is 0 Å². The van der Waals surface area contributed by atoms with Crippen molar-refractivity contribution in [2.75, 3.05) is 38.6 Å². The van der Waals surface area contributed by atoms with E-state index in [1.54, 1.807) is 37.3 Å². The molecule has 1 aliphatic carbocycles. The van der Waals surface area contributed by atoms with Gasteiger partial charge in [0.25, 0.3) is 0 Å². The Hall–Kier alpha value is -2.66. The monoisotopic (exact) mass is 558 g/mol. The summed E-state index contributed by atoms with van der Waals surface area (Å²) in [6.07, 6.45) is 6.72. The second-order valence-corrected chi connectivity index (χ2v) is 12.8. The van der Waals surface area contributed by atoms with E-state index >= 15 is 0 Å². The smallest absolute Gasteiger partial charge is 0.240 e. The number of hydrogen-bond acceptors (Lipinski definition) is 6. The molecular weight excluding hydrogens is 522 g/mol. The van der Waals surface area contributed by atoms with E-state index in [0.717, 1.165) is 30.4 Å². The lowest BCUT2D eigenvalue weighted by Gasteiger charge is -2.40. The number of anilines is 1. The number of nitrogens with one attached hydrogen (secondary N) is 1. The Labute approximate surface area is 228 Å². The van der Waals surface area contributed by atoms with Gasteiger partial charge in [-0.25, -0.2) is 26.9 Å². The summed E-state index contributed by atoms with van der Waals surface area (Å²) in [6.45, 7) is 1.12. The van der Waals surface area contributed by atoms with Crippen LogP contribution in [0.2, 0.25) is 0 Å². The minimum absolute atomic E-state index is 0.0557. The van der Waals surface area contributed by atoms with E-state index in [0.29, 0.717) is 36.6 Å². The largest absolute Gasteiger partial charge is 0.393 e. The third kappa shape index (κ3) is 5.79. The van der Waals surface area contributed by atoms with E-state index in [9.17, 15) is 22.3 Å². The molecule has 1 aromatic heterocycles. The van der Waals surface area contributed by atoms with E-state index in [4.69, 9.17) is 0 Å². The predicted molar refractivity (Wildman–Crippen MR) is 148 cm³/mol. The molecule has 2 heterocycles. The van der Waals surface area contributed by atoms with Crippen LogP contribution in [0, 0.1) is 23.5 Å². The molecule has 39 heavy (non-hydrogen) atoms. The van der Waals surface area contributed by atoms with Crippen LogP contribution in [-0.2, 0) is 10.0 Å². The van der Waals surface area contributed by atoms with E-state index in [1.807, 2.05) is 6.07 Å². The number of rotatable bonds is 8. The van der Waals surface area contributed by atoms with Crippen LogP contribution in [0.5, 0.6) is 0 Å². The van der Waals surface area contributed by atoms with Gasteiger partial charge in [-0.2, -0.15) is 0 Å². The molecule has 0 amide bonds. The molecule has 210 valence electrons. The number of benzene rings is 2. The summed E-state index contributed by atoms with van der Waals surface area (Å²) in [7, 11) is -0.710. The molecule has 2 aromatic carbocycles. The first kappa shape index (κ1) is 27.9. The van der Waals surface area contributed by atoms with Crippen LogP contribution < -0.4 is 9.62 Å². The number of halogens is 2. The van der Waals surface area contributed by atoms with Crippen molar-refractivity contribution < 1.29 is 22.3 Å². The van der Waals surface area contributed by atoms with Gasteiger partial charge in [-0.3, -0.25) is 0 Å². The number of sulfonamides is 1. The van der Waals surface area contributed by atoms with Crippen LogP contribution >= 0.6 is 0 Å². The quantitative estimate of drug-likeness (QED) is 0.424. The highest BCUT2D eigenvalue weighted by Crippen LogP contribution is 2.38. The molecule has 0 bridgehead atoms. The van der Waals surface area contributed by atoms with Crippen molar-refractivity contribution in [3.63, 3.8) is 0 Å². The van der Waals surface area contributed by atoms with Gasteiger partial charge in [0.05, 0.1) is 17.0 Å². The fourth-order valence-electron chi connectivity index (χ4n) is 6.21. The topological polar surface area (TPSA) is 85.8 Å². The zero-order chi connectivity index (χ0) is 27.7. The molecule has 0 radical (unpaired) electrons. The van der Waals surface area contributed by atoms with Gasteiger partial charge in [0.1, 0.15) is 17.5 Å². The average Bonchev–Trinajstić information content (AvgIpc) is 3.44. The third-order valence-electron chi connectivity index (χ3n) is 8.37. The van der Waals surface area contributed by atoms with Gasteiger partial charge in [0.15, 0.2) is 0 Å². The molecule has 0 spiro atoms. The van der Waals surface area contributed by atoms with E-state index in [1.165, 1.54) is 25.0 Å². The molecule has 2 aliphatic rings. The first-order valence-corrected chi connectivity index (χ1v) is 15.1. The van der Waals surface area contributed by atoms with Crippen LogP contribution in [0.1, 0.15) is 43.7 Å². The van der Waals surface area contributed by atoms with Crippen molar-refractivity contribution in [2.45, 2.75) is 49.1 Å². The highest BCUT2D eigenvalue weighted by molar-refractivity contribution is 7.89. The number of nitrogens with zero attached hydrogens (tertiary/aromatic N) is 3.